The van der Waals surface area contributed by atoms with Gasteiger partial charge in [0.1, 0.15) is 11.6 Å². The van der Waals surface area contributed by atoms with Crippen molar-refractivity contribution >= 4 is 33.1 Å². The molecule has 31 heavy (non-hydrogen) atoms. The Morgan fingerprint density at radius 1 is 1.13 bits per heavy atom. The van der Waals surface area contributed by atoms with E-state index >= 15 is 0 Å². The van der Waals surface area contributed by atoms with E-state index in [4.69, 9.17) is 0 Å². The van der Waals surface area contributed by atoms with Crippen LogP contribution < -0.4 is 10.2 Å². The zero-order valence-corrected chi connectivity index (χ0v) is 18.0. The Hall–Kier alpha value is -3.25. The number of nitrogens with zero attached hydrogens (tertiary/aromatic N) is 2. The topological polar surface area (TPSA) is 45.2 Å². The molecule has 2 aromatic heterocycles. The minimum absolute atomic E-state index is 0.185. The van der Waals surface area contributed by atoms with Crippen LogP contribution in [0.2, 0.25) is 0 Å². The van der Waals surface area contributed by atoms with Crippen molar-refractivity contribution in [2.24, 2.45) is 0 Å². The summed E-state index contributed by atoms with van der Waals surface area (Å²) >= 11 is 1.32. The second-order valence-electron chi connectivity index (χ2n) is 7.82. The molecule has 0 atom stereocenters. The highest BCUT2D eigenvalue weighted by atomic mass is 32.1. The second kappa shape index (κ2) is 8.12. The zero-order chi connectivity index (χ0) is 21.4. The highest BCUT2D eigenvalue weighted by Gasteiger charge is 2.19. The molecule has 1 aliphatic rings. The summed E-state index contributed by atoms with van der Waals surface area (Å²) in [5.41, 5.74) is 4.38. The molecule has 0 fully saturated rings. The first-order valence-electron chi connectivity index (χ1n) is 10.3. The Kier molecular flexibility index (Phi) is 5.16. The minimum Gasteiger partial charge on any atom is -0.352 e. The molecule has 5 rings (SSSR count). The number of amides is 1. The molecule has 4 aromatic rings. The average molecular weight is 432 g/mol. The monoisotopic (exact) mass is 431 g/mol. The number of carbonyl (C=O) groups excluding carboxylic acids is 1. The Bertz CT molecular complexity index is 1270. The van der Waals surface area contributed by atoms with Crippen molar-refractivity contribution in [3.63, 3.8) is 0 Å². The van der Waals surface area contributed by atoms with Gasteiger partial charge in [-0.2, -0.15) is 0 Å². The molecule has 1 aliphatic heterocycles. The van der Waals surface area contributed by atoms with Gasteiger partial charge in [-0.15, -0.1) is 11.3 Å². The molecule has 0 bridgehead atoms. The number of aromatic nitrogens is 1. The lowest BCUT2D eigenvalue weighted by Gasteiger charge is -2.29. The van der Waals surface area contributed by atoms with Gasteiger partial charge in [0.05, 0.1) is 4.88 Å². The molecule has 156 valence electrons. The maximum absolute atomic E-state index is 14.1. The first-order valence-corrected chi connectivity index (χ1v) is 11.1. The van der Waals surface area contributed by atoms with E-state index in [1.807, 2.05) is 24.4 Å². The molecule has 0 aliphatic carbocycles. The number of rotatable bonds is 4. The van der Waals surface area contributed by atoms with Crippen LogP contribution >= 0.6 is 11.3 Å². The van der Waals surface area contributed by atoms with Crippen LogP contribution in [0.25, 0.3) is 10.1 Å². The third kappa shape index (κ3) is 3.79. The van der Waals surface area contributed by atoms with Gasteiger partial charge in [0.15, 0.2) is 0 Å². The minimum atomic E-state index is -0.287. The van der Waals surface area contributed by atoms with E-state index in [1.54, 1.807) is 13.0 Å². The van der Waals surface area contributed by atoms with Crippen LogP contribution in [-0.2, 0) is 19.5 Å². The molecule has 6 heteroatoms. The quantitative estimate of drug-likeness (QED) is 0.481. The van der Waals surface area contributed by atoms with Crippen LogP contribution in [-0.4, -0.2) is 17.4 Å². The summed E-state index contributed by atoms with van der Waals surface area (Å²) in [7, 11) is 0. The van der Waals surface area contributed by atoms with Crippen molar-refractivity contribution in [1.82, 2.24) is 10.3 Å². The van der Waals surface area contributed by atoms with Gasteiger partial charge in [-0.25, -0.2) is 9.37 Å². The van der Waals surface area contributed by atoms with Gasteiger partial charge in [-0.3, -0.25) is 4.79 Å². The predicted octanol–water partition coefficient (Wildman–Crippen LogP) is 5.24. The molecule has 1 N–H and O–H groups in total. The Morgan fingerprint density at radius 2 is 1.97 bits per heavy atom. The van der Waals surface area contributed by atoms with Crippen LogP contribution in [0.3, 0.4) is 0 Å². The lowest BCUT2D eigenvalue weighted by atomic mass is 10.00. The van der Waals surface area contributed by atoms with Crippen LogP contribution in [0, 0.1) is 12.7 Å². The summed E-state index contributed by atoms with van der Waals surface area (Å²) in [5, 5.41) is 3.48. The number of aryl methyl sites for hydroxylation is 1. The number of hydrogen-bond donors (Lipinski definition) is 1. The van der Waals surface area contributed by atoms with E-state index in [9.17, 15) is 9.18 Å². The van der Waals surface area contributed by atoms with Crippen LogP contribution in [0.4, 0.5) is 10.2 Å². The largest absolute Gasteiger partial charge is 0.352 e. The van der Waals surface area contributed by atoms with E-state index in [0.29, 0.717) is 22.4 Å². The number of carbonyl (C=O) groups is 1. The van der Waals surface area contributed by atoms with E-state index in [1.165, 1.54) is 28.5 Å². The fourth-order valence-corrected chi connectivity index (χ4v) is 5.27. The summed E-state index contributed by atoms with van der Waals surface area (Å²) in [6, 6.07) is 17.5. The number of anilines is 1. The van der Waals surface area contributed by atoms with E-state index in [0.717, 1.165) is 35.6 Å². The molecule has 0 radical (unpaired) electrons. The van der Waals surface area contributed by atoms with Gasteiger partial charge >= 0.3 is 0 Å². The lowest BCUT2D eigenvalue weighted by Crippen LogP contribution is -2.31. The summed E-state index contributed by atoms with van der Waals surface area (Å²) in [5.74, 6) is 0.473. The molecule has 0 saturated carbocycles. The van der Waals surface area contributed by atoms with Gasteiger partial charge < -0.3 is 10.2 Å². The predicted molar refractivity (Wildman–Crippen MR) is 123 cm³/mol. The summed E-state index contributed by atoms with van der Waals surface area (Å²) in [6.07, 6.45) is 2.83. The van der Waals surface area contributed by atoms with E-state index < -0.39 is 0 Å². The van der Waals surface area contributed by atoms with Gasteiger partial charge in [0, 0.05) is 35.9 Å². The summed E-state index contributed by atoms with van der Waals surface area (Å²) in [6.45, 7) is 3.98. The van der Waals surface area contributed by atoms with Crippen LogP contribution in [0.5, 0.6) is 0 Å². The fourth-order valence-electron chi connectivity index (χ4n) is 4.13. The van der Waals surface area contributed by atoms with E-state index in [-0.39, 0.29) is 11.7 Å². The number of thiophene rings is 1. The van der Waals surface area contributed by atoms with Crippen LogP contribution in [0.1, 0.15) is 31.9 Å². The van der Waals surface area contributed by atoms with Crippen molar-refractivity contribution in [3.8, 4) is 0 Å². The Balaban J connectivity index is 1.25. The third-order valence-corrected chi connectivity index (χ3v) is 7.08. The maximum Gasteiger partial charge on any atom is 0.261 e. The number of hydrogen-bond acceptors (Lipinski definition) is 4. The molecular formula is C25H22FN3OS. The van der Waals surface area contributed by atoms with Crippen molar-refractivity contribution in [1.29, 1.82) is 0 Å². The smallest absolute Gasteiger partial charge is 0.261 e. The summed E-state index contributed by atoms with van der Waals surface area (Å²) in [4.78, 5) is 20.1. The van der Waals surface area contributed by atoms with Crippen molar-refractivity contribution in [2.45, 2.75) is 26.4 Å². The van der Waals surface area contributed by atoms with Crippen LogP contribution in [0.15, 0.2) is 60.8 Å². The van der Waals surface area contributed by atoms with Crippen molar-refractivity contribution in [3.05, 3.63) is 93.7 Å². The van der Waals surface area contributed by atoms with E-state index in [2.05, 4.69) is 39.5 Å². The maximum atomic E-state index is 14.1. The Labute approximate surface area is 184 Å². The SMILES string of the molecule is Cc1c(C(=O)NCc2ccc(N3CCc4ccccc4C3)nc2)sc2cccc(F)c12. The molecule has 0 saturated heterocycles. The normalized spacial score (nSPS) is 13.3. The van der Waals surface area contributed by atoms with Gasteiger partial charge in [-0.1, -0.05) is 36.4 Å². The first kappa shape index (κ1) is 19.7. The standard InChI is InChI=1S/C25H22FN3OS/c1-16-23-20(26)7-4-8-21(23)31-24(16)25(30)28-14-17-9-10-22(27-13-17)29-12-11-18-5-2-3-6-19(18)15-29/h2-10,13H,11-12,14-15H2,1H3,(H,28,30). The molecule has 3 heterocycles. The van der Waals surface area contributed by atoms with Crippen molar-refractivity contribution in [2.75, 3.05) is 11.4 Å². The number of halogens is 1. The molecule has 2 aromatic carbocycles. The highest BCUT2D eigenvalue weighted by molar-refractivity contribution is 7.21. The van der Waals surface area contributed by atoms with Gasteiger partial charge in [-0.05, 0) is 53.8 Å². The molecule has 4 nitrogen and oxygen atoms in total. The second-order valence-corrected chi connectivity index (χ2v) is 8.87. The third-order valence-electron chi connectivity index (χ3n) is 5.83. The van der Waals surface area contributed by atoms with Gasteiger partial charge in [0.25, 0.3) is 5.91 Å². The number of fused-ring (bicyclic) bond motifs is 2. The Morgan fingerprint density at radius 3 is 2.74 bits per heavy atom. The van der Waals surface area contributed by atoms with Gasteiger partial charge in [0.2, 0.25) is 0 Å². The highest BCUT2D eigenvalue weighted by Crippen LogP contribution is 2.32. The number of pyridine rings is 1. The summed E-state index contributed by atoms with van der Waals surface area (Å²) < 4.78 is 14.9. The zero-order valence-electron chi connectivity index (χ0n) is 17.2. The molecule has 0 unspecified atom stereocenters. The average Bonchev–Trinajstić information content (AvgIpc) is 3.15. The molecule has 1 amide bonds. The molecular weight excluding hydrogens is 409 g/mol. The lowest BCUT2D eigenvalue weighted by molar-refractivity contribution is 0.0954. The fraction of sp³-hybridized carbons (Fsp3) is 0.200. The first-order chi connectivity index (χ1) is 15.1. The number of benzene rings is 2. The molecule has 0 spiro atoms. The number of nitrogens with one attached hydrogen (secondary N) is 1. The van der Waals surface area contributed by atoms with Crippen molar-refractivity contribution < 1.29 is 9.18 Å².